The van der Waals surface area contributed by atoms with Gasteiger partial charge in [-0.15, -0.1) is 0 Å². The summed E-state index contributed by atoms with van der Waals surface area (Å²) in [5, 5.41) is 15.1. The van der Waals surface area contributed by atoms with Gasteiger partial charge in [0.25, 0.3) is 0 Å². The summed E-state index contributed by atoms with van der Waals surface area (Å²) in [5.41, 5.74) is 8.40. The summed E-state index contributed by atoms with van der Waals surface area (Å²) >= 11 is 0. The van der Waals surface area contributed by atoms with Gasteiger partial charge in [-0.2, -0.15) is 5.10 Å². The zero-order valence-electron chi connectivity index (χ0n) is 14.6. The summed E-state index contributed by atoms with van der Waals surface area (Å²) in [6, 6.07) is 8.37. The number of nitrogens with zero attached hydrogens (tertiary/aromatic N) is 4. The van der Waals surface area contributed by atoms with Gasteiger partial charge in [-0.1, -0.05) is 0 Å². The van der Waals surface area contributed by atoms with E-state index < -0.39 is 5.91 Å². The van der Waals surface area contributed by atoms with Gasteiger partial charge in [0.15, 0.2) is 11.6 Å². The first-order valence-electron chi connectivity index (χ1n) is 8.04. The Bertz CT molecular complexity index is 1160. The molecule has 0 bridgehead atoms. The first-order chi connectivity index (χ1) is 13.0. The molecule has 0 fully saturated rings. The van der Waals surface area contributed by atoms with E-state index in [2.05, 4.69) is 20.1 Å². The van der Waals surface area contributed by atoms with Gasteiger partial charge in [0, 0.05) is 30.4 Å². The molecule has 0 aliphatic carbocycles. The number of aromatic hydroxyl groups is 1. The number of benzene rings is 1. The van der Waals surface area contributed by atoms with Gasteiger partial charge < -0.3 is 20.6 Å². The molecule has 1 amide bonds. The van der Waals surface area contributed by atoms with Crippen LogP contribution in [0.15, 0.2) is 36.5 Å². The fourth-order valence-electron chi connectivity index (χ4n) is 2.89. The average Bonchev–Trinajstić information content (AvgIpc) is 3.21. The normalized spacial score (nSPS) is 11.0. The SMILES string of the molecule is COc1ccc(-c2nn(C)c(-c3nc4ccc(C(N)=O)cc4[nH]3)c2O)cn1. The van der Waals surface area contributed by atoms with E-state index in [9.17, 15) is 9.90 Å². The molecule has 3 aromatic heterocycles. The molecule has 0 aliphatic rings. The van der Waals surface area contributed by atoms with Crippen molar-refractivity contribution in [2.24, 2.45) is 12.8 Å². The third-order valence-electron chi connectivity index (χ3n) is 4.23. The Hall–Kier alpha value is -3.88. The van der Waals surface area contributed by atoms with Gasteiger partial charge in [0.1, 0.15) is 11.4 Å². The van der Waals surface area contributed by atoms with Gasteiger partial charge in [0.05, 0.1) is 18.1 Å². The number of ether oxygens (including phenoxy) is 1. The second-order valence-electron chi connectivity index (χ2n) is 5.94. The molecule has 0 saturated heterocycles. The summed E-state index contributed by atoms with van der Waals surface area (Å²) in [7, 11) is 3.24. The number of hydrogen-bond donors (Lipinski definition) is 3. The molecular formula is C18H16N6O3. The number of carbonyl (C=O) groups excluding carboxylic acids is 1. The van der Waals surface area contributed by atoms with Crippen LogP contribution in [0.25, 0.3) is 33.8 Å². The van der Waals surface area contributed by atoms with Crippen LogP contribution in [-0.4, -0.2) is 42.9 Å². The maximum Gasteiger partial charge on any atom is 0.248 e. The molecule has 27 heavy (non-hydrogen) atoms. The van der Waals surface area contributed by atoms with Crippen molar-refractivity contribution in [1.29, 1.82) is 0 Å². The zero-order valence-corrected chi connectivity index (χ0v) is 14.6. The van der Waals surface area contributed by atoms with Crippen molar-refractivity contribution in [3.05, 3.63) is 42.1 Å². The molecule has 0 saturated carbocycles. The molecule has 0 radical (unpaired) electrons. The fourth-order valence-corrected chi connectivity index (χ4v) is 2.89. The second kappa shape index (κ2) is 6.13. The number of nitrogens with one attached hydrogen (secondary N) is 1. The Labute approximate surface area is 153 Å². The molecule has 0 atom stereocenters. The van der Waals surface area contributed by atoms with E-state index in [1.54, 1.807) is 43.6 Å². The number of methoxy groups -OCH3 is 1. The number of aromatic amines is 1. The number of imidazole rings is 1. The van der Waals surface area contributed by atoms with Crippen molar-refractivity contribution in [3.63, 3.8) is 0 Å². The highest BCUT2D eigenvalue weighted by Gasteiger charge is 2.21. The van der Waals surface area contributed by atoms with Crippen molar-refractivity contribution in [2.45, 2.75) is 0 Å². The number of nitrogens with two attached hydrogens (primary N) is 1. The van der Waals surface area contributed by atoms with Crippen LogP contribution in [0.3, 0.4) is 0 Å². The summed E-state index contributed by atoms with van der Waals surface area (Å²) in [6.45, 7) is 0. The number of H-pyrrole nitrogens is 1. The molecule has 3 heterocycles. The van der Waals surface area contributed by atoms with E-state index in [0.29, 0.717) is 45.3 Å². The lowest BCUT2D eigenvalue weighted by molar-refractivity contribution is 0.100. The van der Waals surface area contributed by atoms with E-state index in [1.807, 2.05) is 0 Å². The molecule has 136 valence electrons. The first kappa shape index (κ1) is 16.6. The van der Waals surface area contributed by atoms with Crippen LogP contribution in [0, 0.1) is 0 Å². The topological polar surface area (TPSA) is 132 Å². The monoisotopic (exact) mass is 364 g/mol. The number of carbonyl (C=O) groups is 1. The molecular weight excluding hydrogens is 348 g/mol. The maximum absolute atomic E-state index is 11.4. The highest BCUT2D eigenvalue weighted by atomic mass is 16.5. The van der Waals surface area contributed by atoms with E-state index >= 15 is 0 Å². The first-order valence-corrected chi connectivity index (χ1v) is 8.04. The quantitative estimate of drug-likeness (QED) is 0.506. The number of aromatic nitrogens is 5. The van der Waals surface area contributed by atoms with Gasteiger partial charge in [0.2, 0.25) is 11.8 Å². The number of hydrogen-bond acceptors (Lipinski definition) is 6. The number of primary amides is 1. The van der Waals surface area contributed by atoms with Crippen LogP contribution in [0.4, 0.5) is 0 Å². The smallest absolute Gasteiger partial charge is 0.248 e. The van der Waals surface area contributed by atoms with E-state index in [-0.39, 0.29) is 5.75 Å². The molecule has 1 aromatic carbocycles. The van der Waals surface area contributed by atoms with Crippen molar-refractivity contribution >= 4 is 16.9 Å². The lowest BCUT2D eigenvalue weighted by Gasteiger charge is -2.00. The van der Waals surface area contributed by atoms with E-state index in [0.717, 1.165) is 0 Å². The summed E-state index contributed by atoms with van der Waals surface area (Å²) in [6.07, 6.45) is 1.57. The van der Waals surface area contributed by atoms with E-state index in [4.69, 9.17) is 10.5 Å². The Kier molecular flexibility index (Phi) is 3.76. The number of aryl methyl sites for hydroxylation is 1. The Balaban J connectivity index is 1.81. The molecule has 0 aliphatic heterocycles. The number of amides is 1. The Morgan fingerprint density at radius 1 is 1.30 bits per heavy atom. The van der Waals surface area contributed by atoms with Gasteiger partial charge in [-0.3, -0.25) is 9.48 Å². The second-order valence-corrected chi connectivity index (χ2v) is 5.94. The summed E-state index contributed by atoms with van der Waals surface area (Å²) < 4.78 is 6.58. The highest BCUT2D eigenvalue weighted by Crippen LogP contribution is 2.37. The number of pyridine rings is 1. The number of rotatable bonds is 4. The minimum Gasteiger partial charge on any atom is -0.504 e. The third-order valence-corrected chi connectivity index (χ3v) is 4.23. The molecule has 0 spiro atoms. The number of fused-ring (bicyclic) bond motifs is 1. The van der Waals surface area contributed by atoms with Crippen molar-refractivity contribution < 1.29 is 14.6 Å². The molecule has 4 aromatic rings. The van der Waals surface area contributed by atoms with Crippen LogP contribution in [0.5, 0.6) is 11.6 Å². The highest BCUT2D eigenvalue weighted by molar-refractivity contribution is 5.96. The maximum atomic E-state index is 11.4. The van der Waals surface area contributed by atoms with Gasteiger partial charge >= 0.3 is 0 Å². The van der Waals surface area contributed by atoms with Gasteiger partial charge in [-0.05, 0) is 24.3 Å². The Morgan fingerprint density at radius 2 is 2.11 bits per heavy atom. The van der Waals surface area contributed by atoms with Crippen molar-refractivity contribution in [2.75, 3.05) is 7.11 Å². The lowest BCUT2D eigenvalue weighted by Crippen LogP contribution is -2.10. The summed E-state index contributed by atoms with van der Waals surface area (Å²) in [4.78, 5) is 23.1. The van der Waals surface area contributed by atoms with Crippen LogP contribution in [0.2, 0.25) is 0 Å². The van der Waals surface area contributed by atoms with Crippen LogP contribution >= 0.6 is 0 Å². The molecule has 9 heteroatoms. The third kappa shape index (κ3) is 2.74. The lowest BCUT2D eigenvalue weighted by atomic mass is 10.2. The minimum absolute atomic E-state index is 0.0290. The molecule has 4 N–H and O–H groups in total. The minimum atomic E-state index is -0.522. The molecule has 9 nitrogen and oxygen atoms in total. The fraction of sp³-hybridized carbons (Fsp3) is 0.111. The van der Waals surface area contributed by atoms with Crippen LogP contribution < -0.4 is 10.5 Å². The Morgan fingerprint density at radius 3 is 2.78 bits per heavy atom. The van der Waals surface area contributed by atoms with Crippen LogP contribution in [0.1, 0.15) is 10.4 Å². The standard InChI is InChI=1S/C18H16N6O3/c1-24-15(16(25)14(23-24)10-4-6-13(27-2)20-8-10)18-21-11-5-3-9(17(19)26)7-12(11)22-18/h3-8,25H,1-2H3,(H2,19,26)(H,21,22). The van der Waals surface area contributed by atoms with Crippen molar-refractivity contribution in [1.82, 2.24) is 24.7 Å². The van der Waals surface area contributed by atoms with Gasteiger partial charge in [-0.25, -0.2) is 9.97 Å². The predicted molar refractivity (Wildman–Crippen MR) is 98.3 cm³/mol. The van der Waals surface area contributed by atoms with Crippen LogP contribution in [-0.2, 0) is 7.05 Å². The predicted octanol–water partition coefficient (Wildman–Crippen LogP) is 1.84. The summed E-state index contributed by atoms with van der Waals surface area (Å²) in [5.74, 6) is 0.341. The molecule has 0 unspecified atom stereocenters. The average molecular weight is 364 g/mol. The largest absolute Gasteiger partial charge is 0.504 e. The zero-order chi connectivity index (χ0) is 19.1. The van der Waals surface area contributed by atoms with E-state index in [1.165, 1.54) is 11.8 Å². The molecule has 4 rings (SSSR count). The van der Waals surface area contributed by atoms with Crippen molar-refractivity contribution in [3.8, 4) is 34.4 Å².